The first-order valence-corrected chi connectivity index (χ1v) is 15.7. The molecule has 10 rings (SSSR count). The Morgan fingerprint density at radius 3 is 1.98 bits per heavy atom. The molecule has 0 aliphatic heterocycles. The van der Waals surface area contributed by atoms with Crippen molar-refractivity contribution in [3.05, 3.63) is 127 Å². The van der Waals surface area contributed by atoms with Gasteiger partial charge in [-0.1, -0.05) is 90.2 Å². The molecule has 10 aromatic rings. The number of rotatable bonds is 2. The van der Waals surface area contributed by atoms with Gasteiger partial charge >= 0.3 is 0 Å². The van der Waals surface area contributed by atoms with Gasteiger partial charge in [-0.3, -0.25) is 4.57 Å². The first-order chi connectivity index (χ1) is 20.8. The Kier molecular flexibility index (Phi) is 4.48. The van der Waals surface area contributed by atoms with Crippen molar-refractivity contribution >= 4 is 96.7 Å². The lowest BCUT2D eigenvalue weighted by Gasteiger charge is -2.08. The summed E-state index contributed by atoms with van der Waals surface area (Å²) in [4.78, 5) is 5.44. The molecule has 0 radical (unpaired) electrons. The first-order valence-electron chi connectivity index (χ1n) is 14.1. The van der Waals surface area contributed by atoms with Gasteiger partial charge in [0.15, 0.2) is 5.13 Å². The van der Waals surface area contributed by atoms with Crippen molar-refractivity contribution in [1.29, 1.82) is 0 Å². The summed E-state index contributed by atoms with van der Waals surface area (Å²) in [5.74, 6) is 0. The van der Waals surface area contributed by atoms with Gasteiger partial charge in [0.05, 0.1) is 32.3 Å². The molecule has 0 amide bonds. The Balaban J connectivity index is 1.39. The standard InChI is InChI=1S/C37H21N3S2/c1-2-10-22(11-3-1)39-28-16-8-5-13-25(28)33-29(39)19-18-24-23-12-4-7-15-27(23)40(36(24)33)37-38-35-32(42-37)21-20-31-34(35)26-14-6-9-17-30(26)41-31/h1-21H. The molecule has 0 fully saturated rings. The molecular formula is C37H21N3S2. The Morgan fingerprint density at radius 2 is 1.12 bits per heavy atom. The fourth-order valence-electron chi connectivity index (χ4n) is 6.85. The predicted molar refractivity (Wildman–Crippen MR) is 181 cm³/mol. The number of nitrogens with zero attached hydrogens (tertiary/aromatic N) is 3. The van der Waals surface area contributed by atoms with Crippen LogP contribution in [-0.2, 0) is 0 Å². The predicted octanol–water partition coefficient (Wildman–Crippen LogP) is 10.9. The Labute approximate surface area is 248 Å². The molecule has 196 valence electrons. The van der Waals surface area contributed by atoms with Crippen molar-refractivity contribution in [2.45, 2.75) is 0 Å². The van der Waals surface area contributed by atoms with Gasteiger partial charge in [0, 0.05) is 47.4 Å². The lowest BCUT2D eigenvalue weighted by atomic mass is 10.1. The number of hydrogen-bond acceptors (Lipinski definition) is 3. The van der Waals surface area contributed by atoms with E-state index >= 15 is 0 Å². The molecule has 0 bridgehead atoms. The molecule has 0 saturated carbocycles. The Hall–Kier alpha value is -4.97. The van der Waals surface area contributed by atoms with Crippen molar-refractivity contribution in [3.63, 3.8) is 0 Å². The molecule has 0 aliphatic rings. The van der Waals surface area contributed by atoms with E-state index < -0.39 is 0 Å². The van der Waals surface area contributed by atoms with Crippen LogP contribution in [0.15, 0.2) is 127 Å². The van der Waals surface area contributed by atoms with Gasteiger partial charge < -0.3 is 4.57 Å². The van der Waals surface area contributed by atoms with Gasteiger partial charge in [-0.25, -0.2) is 4.98 Å². The second kappa shape index (κ2) is 8.29. The molecule has 4 aromatic heterocycles. The van der Waals surface area contributed by atoms with Crippen LogP contribution >= 0.6 is 22.7 Å². The van der Waals surface area contributed by atoms with E-state index in [1.807, 2.05) is 11.3 Å². The number of fused-ring (bicyclic) bond motifs is 12. The van der Waals surface area contributed by atoms with E-state index in [1.165, 1.54) is 68.5 Å². The summed E-state index contributed by atoms with van der Waals surface area (Å²) in [5, 5.41) is 8.56. The molecule has 4 heterocycles. The third kappa shape index (κ3) is 2.91. The summed E-state index contributed by atoms with van der Waals surface area (Å²) >= 11 is 3.63. The van der Waals surface area contributed by atoms with E-state index in [2.05, 4.69) is 137 Å². The van der Waals surface area contributed by atoms with Crippen LogP contribution in [0.3, 0.4) is 0 Å². The largest absolute Gasteiger partial charge is 0.309 e. The van der Waals surface area contributed by atoms with Gasteiger partial charge in [-0.2, -0.15) is 0 Å². The molecule has 5 heteroatoms. The fraction of sp³-hybridized carbons (Fsp3) is 0. The minimum absolute atomic E-state index is 1.00. The van der Waals surface area contributed by atoms with Crippen molar-refractivity contribution < 1.29 is 0 Å². The van der Waals surface area contributed by atoms with Crippen LogP contribution in [0, 0.1) is 0 Å². The van der Waals surface area contributed by atoms with Gasteiger partial charge in [-0.15, -0.1) is 11.3 Å². The molecule has 0 atom stereocenters. The van der Waals surface area contributed by atoms with Gasteiger partial charge in [0.2, 0.25) is 0 Å². The summed E-state index contributed by atoms with van der Waals surface area (Å²) < 4.78 is 8.62. The highest BCUT2D eigenvalue weighted by Crippen LogP contribution is 2.44. The van der Waals surface area contributed by atoms with Crippen LogP contribution in [0.2, 0.25) is 0 Å². The van der Waals surface area contributed by atoms with Crippen molar-refractivity contribution in [2.24, 2.45) is 0 Å². The second-order valence-electron chi connectivity index (χ2n) is 10.8. The van der Waals surface area contributed by atoms with Crippen LogP contribution in [0.25, 0.3) is 84.8 Å². The van der Waals surface area contributed by atoms with E-state index in [9.17, 15) is 0 Å². The number of thiazole rings is 1. The van der Waals surface area contributed by atoms with Crippen LogP contribution in [0.5, 0.6) is 0 Å². The Morgan fingerprint density at radius 1 is 0.429 bits per heavy atom. The number of hydrogen-bond donors (Lipinski definition) is 0. The molecule has 0 aliphatic carbocycles. The Bertz CT molecular complexity index is 2690. The quantitative estimate of drug-likeness (QED) is 0.202. The number of thiophene rings is 1. The van der Waals surface area contributed by atoms with Gasteiger partial charge in [0.1, 0.15) is 0 Å². The van der Waals surface area contributed by atoms with Crippen LogP contribution < -0.4 is 0 Å². The first kappa shape index (κ1) is 22.7. The summed E-state index contributed by atoms with van der Waals surface area (Å²) in [6, 6.07) is 46.0. The molecular weight excluding hydrogens is 551 g/mol. The monoisotopic (exact) mass is 571 g/mol. The molecule has 0 N–H and O–H groups in total. The zero-order chi connectivity index (χ0) is 27.4. The zero-order valence-electron chi connectivity index (χ0n) is 22.3. The number of aromatic nitrogens is 3. The highest BCUT2D eigenvalue weighted by Gasteiger charge is 2.22. The number of para-hydroxylation sites is 3. The topological polar surface area (TPSA) is 22.8 Å². The van der Waals surface area contributed by atoms with E-state index in [1.54, 1.807) is 11.3 Å². The summed E-state index contributed by atoms with van der Waals surface area (Å²) in [6.07, 6.45) is 0. The maximum Gasteiger partial charge on any atom is 0.195 e. The highest BCUT2D eigenvalue weighted by molar-refractivity contribution is 7.26. The summed E-state index contributed by atoms with van der Waals surface area (Å²) in [7, 11) is 0. The van der Waals surface area contributed by atoms with Gasteiger partial charge in [-0.05, 0) is 48.5 Å². The van der Waals surface area contributed by atoms with E-state index in [-0.39, 0.29) is 0 Å². The van der Waals surface area contributed by atoms with Crippen LogP contribution in [0.4, 0.5) is 0 Å². The van der Waals surface area contributed by atoms with E-state index in [0.29, 0.717) is 0 Å². The lowest BCUT2D eigenvalue weighted by molar-refractivity contribution is 1.15. The fourth-order valence-corrected chi connectivity index (χ4v) is 8.95. The van der Waals surface area contributed by atoms with Crippen molar-refractivity contribution in [2.75, 3.05) is 0 Å². The summed E-state index contributed by atoms with van der Waals surface area (Å²) in [6.45, 7) is 0. The molecule has 42 heavy (non-hydrogen) atoms. The van der Waals surface area contributed by atoms with E-state index in [4.69, 9.17) is 4.98 Å². The summed E-state index contributed by atoms with van der Waals surface area (Å²) in [5.41, 5.74) is 7.06. The van der Waals surface area contributed by atoms with Gasteiger partial charge in [0.25, 0.3) is 0 Å². The second-order valence-corrected chi connectivity index (χ2v) is 12.9. The maximum atomic E-state index is 5.44. The molecule has 6 aromatic carbocycles. The smallest absolute Gasteiger partial charge is 0.195 e. The molecule has 0 unspecified atom stereocenters. The van der Waals surface area contributed by atoms with Crippen molar-refractivity contribution in [3.8, 4) is 10.8 Å². The average Bonchev–Trinajstić information content (AvgIpc) is 3.79. The average molecular weight is 572 g/mol. The minimum atomic E-state index is 1.00. The normalized spacial score (nSPS) is 12.3. The molecule has 0 saturated heterocycles. The minimum Gasteiger partial charge on any atom is -0.309 e. The highest BCUT2D eigenvalue weighted by atomic mass is 32.1. The molecule has 0 spiro atoms. The number of benzene rings is 6. The third-order valence-corrected chi connectivity index (χ3v) is 10.7. The lowest BCUT2D eigenvalue weighted by Crippen LogP contribution is -1.94. The van der Waals surface area contributed by atoms with Crippen LogP contribution in [0.1, 0.15) is 0 Å². The maximum absolute atomic E-state index is 5.44. The zero-order valence-corrected chi connectivity index (χ0v) is 23.9. The third-order valence-electron chi connectivity index (χ3n) is 8.56. The SMILES string of the molecule is c1ccc(-n2c3ccccc3c3c2ccc2c4ccccc4n(-c4nc5c(ccc6sc7ccccc7c65)s4)c23)cc1. The van der Waals surface area contributed by atoms with E-state index in [0.717, 1.165) is 16.3 Å². The van der Waals surface area contributed by atoms with Crippen molar-refractivity contribution in [1.82, 2.24) is 14.1 Å². The molecule has 3 nitrogen and oxygen atoms in total. The van der Waals surface area contributed by atoms with Crippen LogP contribution in [-0.4, -0.2) is 14.1 Å².